The summed E-state index contributed by atoms with van der Waals surface area (Å²) in [6.07, 6.45) is 1.48. The lowest BCUT2D eigenvalue weighted by molar-refractivity contribution is -0.137. The highest BCUT2D eigenvalue weighted by atomic mass is 35.5. The lowest BCUT2D eigenvalue weighted by atomic mass is 10.0. The van der Waals surface area contributed by atoms with Crippen molar-refractivity contribution in [3.8, 4) is 5.75 Å². The van der Waals surface area contributed by atoms with Crippen LogP contribution in [-0.2, 0) is 20.9 Å². The fourth-order valence-corrected chi connectivity index (χ4v) is 3.73. The number of carbonyl (C=O) groups is 3. The van der Waals surface area contributed by atoms with Crippen LogP contribution < -0.4 is 15.4 Å². The average Bonchev–Trinajstić information content (AvgIpc) is 3.37. The average molecular weight is 466 g/mol. The van der Waals surface area contributed by atoms with Crippen LogP contribution in [0, 0.1) is 0 Å². The Hall–Kier alpha value is -4.04. The molecule has 2 heterocycles. The molecule has 0 unspecified atom stereocenters. The molecule has 0 saturated heterocycles. The molecule has 0 fully saturated rings. The number of rotatable bonds is 7. The lowest BCUT2D eigenvalue weighted by Crippen LogP contribution is -2.31. The fourth-order valence-electron chi connectivity index (χ4n) is 3.47. The maximum atomic E-state index is 13.3. The van der Waals surface area contributed by atoms with E-state index in [1.54, 1.807) is 54.6 Å². The highest BCUT2D eigenvalue weighted by Crippen LogP contribution is 2.34. The standard InChI is InChI=1S/C24H20ClN3O5/c1-14(29)26-16-7-5-15(6-8-16)21-22(27-17-9-10-20(32-2)19(25)12-17)24(31)28(23(21)30)13-18-4-3-11-33-18/h3-12,27H,13H2,1-2H3,(H,26,29). The van der Waals surface area contributed by atoms with E-state index in [1.165, 1.54) is 20.3 Å². The van der Waals surface area contributed by atoms with E-state index in [0.717, 1.165) is 4.90 Å². The smallest absolute Gasteiger partial charge is 0.278 e. The predicted octanol–water partition coefficient (Wildman–Crippen LogP) is 4.29. The van der Waals surface area contributed by atoms with Gasteiger partial charge < -0.3 is 19.8 Å². The summed E-state index contributed by atoms with van der Waals surface area (Å²) in [7, 11) is 1.51. The zero-order valence-electron chi connectivity index (χ0n) is 17.8. The summed E-state index contributed by atoms with van der Waals surface area (Å²) in [5.74, 6) is -0.212. The molecule has 2 aromatic carbocycles. The van der Waals surface area contributed by atoms with Gasteiger partial charge in [0.2, 0.25) is 5.91 Å². The third-order valence-electron chi connectivity index (χ3n) is 4.98. The molecule has 168 valence electrons. The van der Waals surface area contributed by atoms with Crippen LogP contribution in [-0.4, -0.2) is 29.7 Å². The Labute approximate surface area is 194 Å². The number of hydrogen-bond donors (Lipinski definition) is 2. The Morgan fingerprint density at radius 2 is 1.79 bits per heavy atom. The molecule has 0 radical (unpaired) electrons. The molecule has 1 aliphatic heterocycles. The number of ether oxygens (including phenoxy) is 1. The second kappa shape index (κ2) is 9.22. The van der Waals surface area contributed by atoms with Crippen molar-refractivity contribution in [2.45, 2.75) is 13.5 Å². The SMILES string of the molecule is COc1ccc(NC2=C(c3ccc(NC(C)=O)cc3)C(=O)N(Cc3ccco3)C2=O)cc1Cl. The highest BCUT2D eigenvalue weighted by Gasteiger charge is 2.39. The Kier molecular flexibility index (Phi) is 6.19. The number of furan rings is 1. The van der Waals surface area contributed by atoms with Gasteiger partial charge in [-0.25, -0.2) is 0 Å². The summed E-state index contributed by atoms with van der Waals surface area (Å²) in [6, 6.07) is 15.0. The number of methoxy groups -OCH3 is 1. The van der Waals surface area contributed by atoms with Crippen molar-refractivity contribution in [2.24, 2.45) is 0 Å². The number of carbonyl (C=O) groups excluding carboxylic acids is 3. The van der Waals surface area contributed by atoms with Crippen molar-refractivity contribution in [1.29, 1.82) is 0 Å². The molecule has 4 rings (SSSR count). The molecule has 0 spiro atoms. The van der Waals surface area contributed by atoms with Gasteiger partial charge in [0, 0.05) is 18.3 Å². The summed E-state index contributed by atoms with van der Waals surface area (Å²) in [5.41, 5.74) is 1.93. The first-order valence-corrected chi connectivity index (χ1v) is 10.4. The summed E-state index contributed by atoms with van der Waals surface area (Å²) in [4.78, 5) is 39.0. The van der Waals surface area contributed by atoms with Crippen LogP contribution in [0.25, 0.3) is 5.57 Å². The zero-order valence-corrected chi connectivity index (χ0v) is 18.6. The molecule has 0 bridgehead atoms. The molecule has 0 atom stereocenters. The van der Waals surface area contributed by atoms with Gasteiger partial charge in [0.1, 0.15) is 17.2 Å². The fraction of sp³-hybridized carbons (Fsp3) is 0.125. The number of hydrogen-bond acceptors (Lipinski definition) is 6. The lowest BCUT2D eigenvalue weighted by Gasteiger charge is -2.14. The molecule has 1 aromatic heterocycles. The van der Waals surface area contributed by atoms with Crippen molar-refractivity contribution in [3.63, 3.8) is 0 Å². The molecule has 3 amide bonds. The van der Waals surface area contributed by atoms with Gasteiger partial charge in [-0.15, -0.1) is 0 Å². The summed E-state index contributed by atoms with van der Waals surface area (Å²) in [5, 5.41) is 6.08. The van der Waals surface area contributed by atoms with Gasteiger partial charge in [-0.05, 0) is 48.0 Å². The van der Waals surface area contributed by atoms with Crippen molar-refractivity contribution in [2.75, 3.05) is 17.7 Å². The topological polar surface area (TPSA) is 101 Å². The molecule has 9 heteroatoms. The molecule has 1 aliphatic rings. The van der Waals surface area contributed by atoms with Gasteiger partial charge in [-0.2, -0.15) is 0 Å². The summed E-state index contributed by atoms with van der Waals surface area (Å²) >= 11 is 6.23. The maximum Gasteiger partial charge on any atom is 0.278 e. The van der Waals surface area contributed by atoms with Crippen molar-refractivity contribution >= 4 is 46.3 Å². The summed E-state index contributed by atoms with van der Waals surface area (Å²) in [6.45, 7) is 1.40. The monoisotopic (exact) mass is 465 g/mol. The number of imide groups is 1. The van der Waals surface area contributed by atoms with Gasteiger partial charge in [0.25, 0.3) is 11.8 Å². The van der Waals surface area contributed by atoms with Crippen LogP contribution in [0.5, 0.6) is 5.75 Å². The number of halogens is 1. The van der Waals surface area contributed by atoms with E-state index in [4.69, 9.17) is 20.8 Å². The Balaban J connectivity index is 1.72. The number of anilines is 2. The molecule has 2 N–H and O–H groups in total. The van der Waals surface area contributed by atoms with Crippen molar-refractivity contribution < 1.29 is 23.5 Å². The maximum absolute atomic E-state index is 13.3. The zero-order chi connectivity index (χ0) is 23.5. The number of nitrogens with zero attached hydrogens (tertiary/aromatic N) is 1. The van der Waals surface area contributed by atoms with Gasteiger partial charge in [-0.1, -0.05) is 23.7 Å². The van der Waals surface area contributed by atoms with Crippen LogP contribution in [0.3, 0.4) is 0 Å². The van der Waals surface area contributed by atoms with Gasteiger partial charge in [0.15, 0.2) is 0 Å². The largest absolute Gasteiger partial charge is 0.495 e. The minimum absolute atomic E-state index is 0.00725. The van der Waals surface area contributed by atoms with Gasteiger partial charge in [-0.3, -0.25) is 19.3 Å². The first kappa shape index (κ1) is 22.2. The minimum atomic E-state index is -0.496. The van der Waals surface area contributed by atoms with Crippen LogP contribution in [0.1, 0.15) is 18.2 Å². The van der Waals surface area contributed by atoms with Crippen LogP contribution in [0.4, 0.5) is 11.4 Å². The van der Waals surface area contributed by atoms with E-state index in [1.807, 2.05) is 0 Å². The van der Waals surface area contributed by atoms with Crippen molar-refractivity contribution in [1.82, 2.24) is 4.90 Å². The quantitative estimate of drug-likeness (QED) is 0.505. The van der Waals surface area contributed by atoms with Crippen LogP contribution in [0.2, 0.25) is 5.02 Å². The van der Waals surface area contributed by atoms with Crippen molar-refractivity contribution in [3.05, 3.63) is 82.9 Å². The number of nitrogens with one attached hydrogen (secondary N) is 2. The number of amides is 3. The second-order valence-electron chi connectivity index (χ2n) is 7.26. The van der Waals surface area contributed by atoms with E-state index < -0.39 is 11.8 Å². The molecular formula is C24H20ClN3O5. The first-order chi connectivity index (χ1) is 15.9. The van der Waals surface area contributed by atoms with Crippen LogP contribution in [0.15, 0.2) is 71.0 Å². The normalized spacial score (nSPS) is 13.5. The van der Waals surface area contributed by atoms with E-state index in [2.05, 4.69) is 10.6 Å². The molecule has 8 nitrogen and oxygen atoms in total. The Morgan fingerprint density at radius 1 is 1.06 bits per heavy atom. The third kappa shape index (κ3) is 4.61. The molecule has 0 aliphatic carbocycles. The van der Waals surface area contributed by atoms with E-state index in [0.29, 0.717) is 33.5 Å². The van der Waals surface area contributed by atoms with Crippen LogP contribution >= 0.6 is 11.6 Å². The minimum Gasteiger partial charge on any atom is -0.495 e. The first-order valence-electron chi connectivity index (χ1n) is 9.99. The summed E-state index contributed by atoms with van der Waals surface area (Å²) < 4.78 is 10.5. The molecule has 33 heavy (non-hydrogen) atoms. The van der Waals surface area contributed by atoms with E-state index in [9.17, 15) is 14.4 Å². The predicted molar refractivity (Wildman–Crippen MR) is 124 cm³/mol. The van der Waals surface area contributed by atoms with E-state index >= 15 is 0 Å². The number of benzene rings is 2. The van der Waals surface area contributed by atoms with E-state index in [-0.39, 0.29) is 23.7 Å². The third-order valence-corrected chi connectivity index (χ3v) is 5.27. The highest BCUT2D eigenvalue weighted by molar-refractivity contribution is 6.36. The molecule has 0 saturated carbocycles. The molecule has 3 aromatic rings. The van der Waals surface area contributed by atoms with Gasteiger partial charge in [0.05, 0.1) is 30.5 Å². The van der Waals surface area contributed by atoms with Gasteiger partial charge >= 0.3 is 0 Å². The molecular weight excluding hydrogens is 446 g/mol. The second-order valence-corrected chi connectivity index (χ2v) is 7.67. The Bertz CT molecular complexity index is 1250. The Morgan fingerprint density at radius 3 is 2.39 bits per heavy atom.